The van der Waals surface area contributed by atoms with Gasteiger partial charge in [-0.3, -0.25) is 9.59 Å². The number of carbonyl (C=O) groups excluding carboxylic acids is 3. The molecule has 2 unspecified atom stereocenters. The van der Waals surface area contributed by atoms with E-state index in [2.05, 4.69) is 13.8 Å². The smallest absolute Gasteiger partial charge is 0.306 e. The Hall–Kier alpha value is -1.71. The fourth-order valence-corrected chi connectivity index (χ4v) is 9.72. The van der Waals surface area contributed by atoms with Gasteiger partial charge in [-0.2, -0.15) is 0 Å². The molecule has 0 aliphatic carbocycles. The molecule has 0 aromatic rings. The monoisotopic (exact) mass is 1020 g/mol. The van der Waals surface area contributed by atoms with Crippen LogP contribution >= 0.6 is 0 Å². The van der Waals surface area contributed by atoms with Gasteiger partial charge in [0, 0.05) is 12.8 Å². The molecule has 0 heterocycles. The fourth-order valence-electron chi connectivity index (χ4n) is 9.72. The minimum absolute atomic E-state index is 0.153. The summed E-state index contributed by atoms with van der Waals surface area (Å²) in [6, 6.07) is 0. The number of carbonyl (C=O) groups is 3. The Labute approximate surface area is 447 Å². The van der Waals surface area contributed by atoms with Crippen molar-refractivity contribution in [3.05, 3.63) is 0 Å². The van der Waals surface area contributed by atoms with Crippen molar-refractivity contribution >= 4 is 17.9 Å². The lowest BCUT2D eigenvalue weighted by atomic mass is 10.0. The summed E-state index contributed by atoms with van der Waals surface area (Å²) in [5.74, 6) is -2.25. The van der Waals surface area contributed by atoms with Crippen molar-refractivity contribution < 1.29 is 42.9 Å². The second-order valence-electron chi connectivity index (χ2n) is 23.1. The van der Waals surface area contributed by atoms with Gasteiger partial charge in [0.15, 0.2) is 12.4 Å². The number of quaternary nitrogens is 1. The van der Waals surface area contributed by atoms with Crippen LogP contribution in [0.5, 0.6) is 0 Å². The van der Waals surface area contributed by atoms with E-state index in [4.69, 9.17) is 18.9 Å². The summed E-state index contributed by atoms with van der Waals surface area (Å²) in [5.41, 5.74) is 0. The van der Waals surface area contributed by atoms with Gasteiger partial charge in [0.1, 0.15) is 13.2 Å². The van der Waals surface area contributed by atoms with Crippen LogP contribution in [0.3, 0.4) is 0 Å². The van der Waals surface area contributed by atoms with Crippen molar-refractivity contribution in [2.24, 2.45) is 0 Å². The van der Waals surface area contributed by atoms with Crippen LogP contribution in [0.1, 0.15) is 328 Å². The third-order valence-corrected chi connectivity index (χ3v) is 14.6. The Bertz CT molecular complexity index is 1140. The quantitative estimate of drug-likeness (QED) is 0.0256. The maximum Gasteiger partial charge on any atom is 0.306 e. The number of hydrogen-bond acceptors (Lipinski definition) is 8. The SMILES string of the molecule is CCCCCCCCCCCCCCCCCCCCCCCCCCCCCCCCC(=O)OC(COC(=O)CCCCCCCCCCCCCCCCCCC)COC(OCC[N+](C)(C)C)C(=O)[O-]. The highest BCUT2D eigenvalue weighted by atomic mass is 16.7. The molecule has 0 aromatic heterocycles. The number of unbranched alkanes of at least 4 members (excludes halogenated alkanes) is 45. The number of likely N-dealkylation sites (N-methyl/N-ethyl adjacent to an activating group) is 1. The molecule has 9 nitrogen and oxygen atoms in total. The largest absolute Gasteiger partial charge is 0.545 e. The molecule has 2 atom stereocenters. The van der Waals surface area contributed by atoms with Crippen molar-refractivity contribution in [2.75, 3.05) is 47.5 Å². The summed E-state index contributed by atoms with van der Waals surface area (Å²) in [6.07, 6.45) is 60.3. The molecule has 428 valence electrons. The van der Waals surface area contributed by atoms with E-state index < -0.39 is 24.3 Å². The van der Waals surface area contributed by atoms with Crippen LogP contribution in [0.15, 0.2) is 0 Å². The number of rotatable bonds is 60. The third-order valence-electron chi connectivity index (χ3n) is 14.6. The van der Waals surface area contributed by atoms with E-state index in [1.54, 1.807) is 0 Å². The number of ether oxygens (including phenoxy) is 4. The van der Waals surface area contributed by atoms with E-state index in [-0.39, 0.29) is 32.2 Å². The van der Waals surface area contributed by atoms with E-state index in [1.807, 2.05) is 21.1 Å². The number of carboxylic acid groups (broad SMARTS) is 1. The number of nitrogens with zero attached hydrogens (tertiary/aromatic N) is 1. The lowest BCUT2D eigenvalue weighted by Gasteiger charge is -2.26. The Morgan fingerprint density at radius 3 is 0.889 bits per heavy atom. The second kappa shape index (κ2) is 55.5. The lowest BCUT2D eigenvalue weighted by molar-refractivity contribution is -0.870. The van der Waals surface area contributed by atoms with Crippen molar-refractivity contribution in [1.82, 2.24) is 0 Å². The highest BCUT2D eigenvalue weighted by molar-refractivity contribution is 5.70. The zero-order valence-electron chi connectivity index (χ0n) is 48.8. The molecule has 0 N–H and O–H groups in total. The van der Waals surface area contributed by atoms with Crippen LogP contribution in [0, 0.1) is 0 Å². The van der Waals surface area contributed by atoms with Gasteiger partial charge in [0.05, 0.1) is 40.3 Å². The van der Waals surface area contributed by atoms with Crippen molar-refractivity contribution in [3.8, 4) is 0 Å². The minimum Gasteiger partial charge on any atom is -0.545 e. The predicted octanol–water partition coefficient (Wildman–Crippen LogP) is 17.4. The first-order chi connectivity index (χ1) is 35.1. The highest BCUT2D eigenvalue weighted by Gasteiger charge is 2.22. The zero-order valence-corrected chi connectivity index (χ0v) is 48.8. The van der Waals surface area contributed by atoms with Gasteiger partial charge in [0.25, 0.3) is 0 Å². The molecule has 0 aliphatic rings. The Balaban J connectivity index is 4.06. The molecule has 0 aromatic carbocycles. The molecule has 72 heavy (non-hydrogen) atoms. The summed E-state index contributed by atoms with van der Waals surface area (Å²) in [7, 11) is 5.94. The molecular weight excluding hydrogens is 899 g/mol. The summed E-state index contributed by atoms with van der Waals surface area (Å²) in [5, 5.41) is 11.8. The number of esters is 2. The molecule has 0 fully saturated rings. The molecule has 0 rings (SSSR count). The maximum atomic E-state index is 12.9. The van der Waals surface area contributed by atoms with Gasteiger partial charge in [0.2, 0.25) is 0 Å². The highest BCUT2D eigenvalue weighted by Crippen LogP contribution is 2.19. The van der Waals surface area contributed by atoms with Gasteiger partial charge < -0.3 is 33.3 Å². The Morgan fingerprint density at radius 1 is 0.361 bits per heavy atom. The summed E-state index contributed by atoms with van der Waals surface area (Å²) in [4.78, 5) is 37.3. The first-order valence-corrected chi connectivity index (χ1v) is 31.7. The normalized spacial score (nSPS) is 12.6. The van der Waals surface area contributed by atoms with E-state index >= 15 is 0 Å². The number of carboxylic acids is 1. The summed E-state index contributed by atoms with van der Waals surface area (Å²) in [6.45, 7) is 4.83. The van der Waals surface area contributed by atoms with E-state index in [1.165, 1.54) is 263 Å². The molecule has 0 bridgehead atoms. The third kappa shape index (κ3) is 56.0. The van der Waals surface area contributed by atoms with Crippen LogP contribution in [0.4, 0.5) is 0 Å². The first kappa shape index (κ1) is 70.3. The molecule has 9 heteroatoms. The molecule has 0 aliphatic heterocycles. The Kier molecular flexibility index (Phi) is 54.2. The van der Waals surface area contributed by atoms with E-state index in [9.17, 15) is 19.5 Å². The van der Waals surface area contributed by atoms with Crippen molar-refractivity contribution in [2.45, 2.75) is 341 Å². The van der Waals surface area contributed by atoms with Gasteiger partial charge in [-0.25, -0.2) is 0 Å². The van der Waals surface area contributed by atoms with E-state index in [0.29, 0.717) is 17.4 Å². The average molecular weight is 1020 g/mol. The summed E-state index contributed by atoms with van der Waals surface area (Å²) < 4.78 is 22.8. The van der Waals surface area contributed by atoms with Crippen molar-refractivity contribution in [1.29, 1.82) is 0 Å². The Morgan fingerprint density at radius 2 is 0.625 bits per heavy atom. The van der Waals surface area contributed by atoms with Crippen LogP contribution in [0.2, 0.25) is 0 Å². The lowest BCUT2D eigenvalue weighted by Crippen LogP contribution is -2.44. The number of hydrogen-bond donors (Lipinski definition) is 0. The van der Waals surface area contributed by atoms with Gasteiger partial charge >= 0.3 is 11.9 Å². The van der Waals surface area contributed by atoms with Gasteiger partial charge in [-0.15, -0.1) is 0 Å². The van der Waals surface area contributed by atoms with Crippen LogP contribution in [-0.4, -0.2) is 82.3 Å². The minimum atomic E-state index is -1.61. The maximum absolute atomic E-state index is 12.9. The van der Waals surface area contributed by atoms with Crippen LogP contribution in [0.25, 0.3) is 0 Å². The average Bonchev–Trinajstić information content (AvgIpc) is 3.35. The molecular formula is C63H123NO8. The topological polar surface area (TPSA) is 111 Å². The molecule has 0 spiro atoms. The second-order valence-corrected chi connectivity index (χ2v) is 23.1. The van der Waals surface area contributed by atoms with E-state index in [0.717, 1.165) is 38.5 Å². The van der Waals surface area contributed by atoms with Gasteiger partial charge in [-0.05, 0) is 12.8 Å². The molecule has 0 amide bonds. The standard InChI is InChI=1S/C63H123NO8/c1-6-8-10-12-14-16-18-20-22-24-25-26-27-28-29-30-31-32-33-34-35-36-38-40-42-44-46-48-50-52-54-61(66)72-59(58-71-63(62(67)68)69-56-55-64(3,4)5)57-70-60(65)53-51-49-47-45-43-41-39-37-23-21-19-17-15-13-11-9-7-2/h59,63H,6-58H2,1-5H3. The molecule has 0 saturated heterocycles. The summed E-state index contributed by atoms with van der Waals surface area (Å²) >= 11 is 0. The zero-order chi connectivity index (χ0) is 52.7. The van der Waals surface area contributed by atoms with Crippen LogP contribution < -0.4 is 5.11 Å². The molecule has 0 radical (unpaired) electrons. The van der Waals surface area contributed by atoms with Crippen molar-refractivity contribution in [3.63, 3.8) is 0 Å². The molecule has 0 saturated carbocycles. The first-order valence-electron chi connectivity index (χ1n) is 31.7. The predicted molar refractivity (Wildman–Crippen MR) is 302 cm³/mol. The number of aliphatic carboxylic acids is 1. The van der Waals surface area contributed by atoms with Crippen LogP contribution in [-0.2, 0) is 33.3 Å². The van der Waals surface area contributed by atoms with Gasteiger partial charge in [-0.1, -0.05) is 303 Å². The fraction of sp³-hybridized carbons (Fsp3) is 0.952.